The van der Waals surface area contributed by atoms with Crippen LogP contribution in [0.15, 0.2) is 53.1 Å². The topological polar surface area (TPSA) is 71.3 Å². The fraction of sp³-hybridized carbons (Fsp3) is 0.250. The SMILES string of the molecule is C[C@H](NC(=O)Cc1ccccc1)C(=O)NCc1ccco1. The van der Waals surface area contributed by atoms with Crippen LogP contribution in [0.5, 0.6) is 0 Å². The summed E-state index contributed by atoms with van der Waals surface area (Å²) in [5, 5.41) is 5.38. The zero-order chi connectivity index (χ0) is 15.1. The zero-order valence-electron chi connectivity index (χ0n) is 11.8. The van der Waals surface area contributed by atoms with Crippen molar-refractivity contribution < 1.29 is 14.0 Å². The Morgan fingerprint density at radius 1 is 1.14 bits per heavy atom. The maximum Gasteiger partial charge on any atom is 0.242 e. The van der Waals surface area contributed by atoms with Gasteiger partial charge >= 0.3 is 0 Å². The minimum Gasteiger partial charge on any atom is -0.467 e. The lowest BCUT2D eigenvalue weighted by Crippen LogP contribution is -2.45. The normalized spacial score (nSPS) is 11.7. The van der Waals surface area contributed by atoms with E-state index in [1.165, 1.54) is 0 Å². The van der Waals surface area contributed by atoms with Crippen LogP contribution in [0.3, 0.4) is 0 Å². The Kier molecular flexibility index (Phi) is 5.15. The Morgan fingerprint density at radius 2 is 1.90 bits per heavy atom. The molecule has 1 aromatic heterocycles. The van der Waals surface area contributed by atoms with Crippen molar-refractivity contribution in [3.8, 4) is 0 Å². The van der Waals surface area contributed by atoms with E-state index in [1.807, 2.05) is 30.3 Å². The molecule has 5 heteroatoms. The van der Waals surface area contributed by atoms with Crippen LogP contribution in [0.4, 0.5) is 0 Å². The van der Waals surface area contributed by atoms with E-state index in [0.717, 1.165) is 5.56 Å². The summed E-state index contributed by atoms with van der Waals surface area (Å²) >= 11 is 0. The summed E-state index contributed by atoms with van der Waals surface area (Å²) in [6.07, 6.45) is 1.81. The van der Waals surface area contributed by atoms with Gasteiger partial charge in [-0.05, 0) is 24.6 Å². The van der Waals surface area contributed by atoms with Crippen LogP contribution in [0.2, 0.25) is 0 Å². The highest BCUT2D eigenvalue weighted by Crippen LogP contribution is 2.01. The van der Waals surface area contributed by atoms with Gasteiger partial charge < -0.3 is 15.1 Å². The number of benzene rings is 1. The van der Waals surface area contributed by atoms with Gasteiger partial charge in [0.2, 0.25) is 11.8 Å². The molecule has 0 bridgehead atoms. The number of hydrogen-bond acceptors (Lipinski definition) is 3. The third kappa shape index (κ3) is 4.80. The zero-order valence-corrected chi connectivity index (χ0v) is 11.8. The van der Waals surface area contributed by atoms with Crippen molar-refractivity contribution in [2.45, 2.75) is 25.9 Å². The quantitative estimate of drug-likeness (QED) is 0.848. The highest BCUT2D eigenvalue weighted by atomic mass is 16.3. The van der Waals surface area contributed by atoms with E-state index in [0.29, 0.717) is 12.3 Å². The number of furan rings is 1. The van der Waals surface area contributed by atoms with E-state index in [9.17, 15) is 9.59 Å². The molecule has 21 heavy (non-hydrogen) atoms. The highest BCUT2D eigenvalue weighted by Gasteiger charge is 2.15. The summed E-state index contributed by atoms with van der Waals surface area (Å²) in [5.41, 5.74) is 0.915. The molecule has 5 nitrogen and oxygen atoms in total. The van der Waals surface area contributed by atoms with E-state index >= 15 is 0 Å². The lowest BCUT2D eigenvalue weighted by molar-refractivity contribution is -0.128. The standard InChI is InChI=1S/C16H18N2O3/c1-12(16(20)17-11-14-8-5-9-21-14)18-15(19)10-13-6-3-2-4-7-13/h2-9,12H,10-11H2,1H3,(H,17,20)(H,18,19)/t12-/m0/s1. The van der Waals surface area contributed by atoms with E-state index in [1.54, 1.807) is 25.3 Å². The van der Waals surface area contributed by atoms with Gasteiger partial charge in [0.05, 0.1) is 19.2 Å². The highest BCUT2D eigenvalue weighted by molar-refractivity contribution is 5.87. The summed E-state index contributed by atoms with van der Waals surface area (Å²) in [6.45, 7) is 1.96. The predicted molar refractivity (Wildman–Crippen MR) is 78.3 cm³/mol. The minimum absolute atomic E-state index is 0.179. The van der Waals surface area contributed by atoms with E-state index in [2.05, 4.69) is 10.6 Å². The third-order valence-corrected chi connectivity index (χ3v) is 3.00. The molecule has 0 aliphatic heterocycles. The molecule has 0 fully saturated rings. The van der Waals surface area contributed by atoms with Gasteiger partial charge in [-0.2, -0.15) is 0 Å². The first kappa shape index (κ1) is 14.8. The number of amides is 2. The molecule has 2 rings (SSSR count). The van der Waals surface area contributed by atoms with Gasteiger partial charge in [-0.1, -0.05) is 30.3 Å². The molecule has 110 valence electrons. The van der Waals surface area contributed by atoms with Crippen LogP contribution < -0.4 is 10.6 Å². The first-order chi connectivity index (χ1) is 10.1. The Morgan fingerprint density at radius 3 is 2.57 bits per heavy atom. The van der Waals surface area contributed by atoms with Gasteiger partial charge in [-0.15, -0.1) is 0 Å². The maximum atomic E-state index is 11.9. The summed E-state index contributed by atoms with van der Waals surface area (Å²) in [4.78, 5) is 23.7. The molecule has 2 aromatic rings. The molecule has 2 N–H and O–H groups in total. The van der Waals surface area contributed by atoms with Crippen molar-refractivity contribution in [2.75, 3.05) is 0 Å². The molecule has 1 heterocycles. The molecule has 0 spiro atoms. The van der Waals surface area contributed by atoms with Crippen LogP contribution in [0.1, 0.15) is 18.2 Å². The Bertz CT molecular complexity index is 579. The van der Waals surface area contributed by atoms with E-state index < -0.39 is 6.04 Å². The average molecular weight is 286 g/mol. The first-order valence-corrected chi connectivity index (χ1v) is 6.78. The largest absolute Gasteiger partial charge is 0.467 e. The van der Waals surface area contributed by atoms with Crippen LogP contribution in [0.25, 0.3) is 0 Å². The van der Waals surface area contributed by atoms with Crippen molar-refractivity contribution in [2.24, 2.45) is 0 Å². The van der Waals surface area contributed by atoms with Gasteiger partial charge in [0.25, 0.3) is 0 Å². The Hall–Kier alpha value is -2.56. The number of rotatable bonds is 6. The second-order valence-electron chi connectivity index (χ2n) is 4.75. The second kappa shape index (κ2) is 7.28. The molecule has 0 aliphatic rings. The van der Waals surface area contributed by atoms with Crippen LogP contribution >= 0.6 is 0 Å². The molecular weight excluding hydrogens is 268 g/mol. The molecule has 1 atom stereocenters. The average Bonchev–Trinajstić information content (AvgIpc) is 2.98. The molecule has 1 aromatic carbocycles. The van der Waals surface area contributed by atoms with Crippen molar-refractivity contribution in [3.63, 3.8) is 0 Å². The number of hydrogen-bond donors (Lipinski definition) is 2. The smallest absolute Gasteiger partial charge is 0.242 e. The molecule has 0 unspecified atom stereocenters. The van der Waals surface area contributed by atoms with Crippen LogP contribution in [-0.2, 0) is 22.6 Å². The molecule has 0 saturated carbocycles. The molecule has 2 amide bonds. The van der Waals surface area contributed by atoms with Crippen LogP contribution in [0, 0.1) is 0 Å². The number of nitrogens with one attached hydrogen (secondary N) is 2. The molecular formula is C16H18N2O3. The number of carbonyl (C=O) groups excluding carboxylic acids is 2. The monoisotopic (exact) mass is 286 g/mol. The van der Waals surface area contributed by atoms with Crippen LogP contribution in [-0.4, -0.2) is 17.9 Å². The third-order valence-electron chi connectivity index (χ3n) is 3.00. The van der Waals surface area contributed by atoms with Crippen molar-refractivity contribution >= 4 is 11.8 Å². The van der Waals surface area contributed by atoms with Crippen molar-refractivity contribution in [1.82, 2.24) is 10.6 Å². The fourth-order valence-corrected chi connectivity index (χ4v) is 1.88. The van der Waals surface area contributed by atoms with Gasteiger partial charge in [0.1, 0.15) is 11.8 Å². The minimum atomic E-state index is -0.587. The lowest BCUT2D eigenvalue weighted by atomic mass is 10.1. The summed E-state index contributed by atoms with van der Waals surface area (Å²) in [7, 11) is 0. The lowest BCUT2D eigenvalue weighted by Gasteiger charge is -2.13. The van der Waals surface area contributed by atoms with Gasteiger partial charge in [-0.3, -0.25) is 9.59 Å². The fourth-order valence-electron chi connectivity index (χ4n) is 1.88. The summed E-state index contributed by atoms with van der Waals surface area (Å²) in [6, 6.07) is 12.3. The molecule has 0 saturated heterocycles. The van der Waals surface area contributed by atoms with E-state index in [-0.39, 0.29) is 18.2 Å². The number of carbonyl (C=O) groups is 2. The Balaban J connectivity index is 1.76. The van der Waals surface area contributed by atoms with Gasteiger partial charge in [-0.25, -0.2) is 0 Å². The van der Waals surface area contributed by atoms with Gasteiger partial charge in [0, 0.05) is 0 Å². The Labute approximate surface area is 123 Å². The second-order valence-corrected chi connectivity index (χ2v) is 4.75. The molecule has 0 aliphatic carbocycles. The molecule has 0 radical (unpaired) electrons. The summed E-state index contributed by atoms with van der Waals surface area (Å²) in [5.74, 6) is 0.251. The summed E-state index contributed by atoms with van der Waals surface area (Å²) < 4.78 is 5.12. The van der Waals surface area contributed by atoms with Gasteiger partial charge in [0.15, 0.2) is 0 Å². The maximum absolute atomic E-state index is 11.9. The predicted octanol–water partition coefficient (Wildman–Crippen LogP) is 1.64. The first-order valence-electron chi connectivity index (χ1n) is 6.78. The van der Waals surface area contributed by atoms with Crippen molar-refractivity contribution in [1.29, 1.82) is 0 Å². The van der Waals surface area contributed by atoms with Crippen molar-refractivity contribution in [3.05, 3.63) is 60.1 Å². The van der Waals surface area contributed by atoms with E-state index in [4.69, 9.17) is 4.42 Å².